The molecular formula is C13H20ClN3O. The standard InChI is InChI=1S/C13H20ClN3O/c1-9(2)17(3)7-6-13(18)16-12-8-10(14)4-5-11(12)15/h4-5,8-9H,6-7,15H2,1-3H3,(H,16,18). The Morgan fingerprint density at radius 1 is 1.50 bits per heavy atom. The predicted octanol–water partition coefficient (Wildman–Crippen LogP) is 2.59. The highest BCUT2D eigenvalue weighted by molar-refractivity contribution is 6.31. The van der Waals surface area contributed by atoms with Crippen molar-refractivity contribution >= 4 is 28.9 Å². The molecule has 1 aromatic carbocycles. The maximum absolute atomic E-state index is 11.8. The van der Waals surface area contributed by atoms with Gasteiger partial charge in [0.2, 0.25) is 5.91 Å². The second-order valence-electron chi connectivity index (χ2n) is 4.60. The van der Waals surface area contributed by atoms with Gasteiger partial charge in [-0.15, -0.1) is 0 Å². The highest BCUT2D eigenvalue weighted by atomic mass is 35.5. The Bertz CT molecular complexity index is 421. The minimum Gasteiger partial charge on any atom is -0.397 e. The molecule has 100 valence electrons. The van der Waals surface area contributed by atoms with Gasteiger partial charge >= 0.3 is 0 Å². The first-order chi connectivity index (χ1) is 8.40. The average Bonchev–Trinajstić information content (AvgIpc) is 2.30. The molecule has 5 heteroatoms. The van der Waals surface area contributed by atoms with E-state index in [4.69, 9.17) is 17.3 Å². The second kappa shape index (κ2) is 6.61. The zero-order valence-corrected chi connectivity index (χ0v) is 11.8. The van der Waals surface area contributed by atoms with Crippen molar-refractivity contribution in [3.05, 3.63) is 23.2 Å². The van der Waals surface area contributed by atoms with Crippen molar-refractivity contribution in [2.45, 2.75) is 26.3 Å². The van der Waals surface area contributed by atoms with Gasteiger partial charge in [-0.05, 0) is 39.1 Å². The van der Waals surface area contributed by atoms with E-state index in [1.54, 1.807) is 18.2 Å². The van der Waals surface area contributed by atoms with Crippen LogP contribution in [0.5, 0.6) is 0 Å². The lowest BCUT2D eigenvalue weighted by atomic mass is 10.2. The number of amides is 1. The molecule has 0 aliphatic carbocycles. The zero-order valence-electron chi connectivity index (χ0n) is 11.0. The van der Waals surface area contributed by atoms with Crippen LogP contribution < -0.4 is 11.1 Å². The van der Waals surface area contributed by atoms with Crippen LogP contribution in [0.25, 0.3) is 0 Å². The molecule has 0 aromatic heterocycles. The van der Waals surface area contributed by atoms with Crippen LogP contribution in [-0.2, 0) is 4.79 Å². The molecule has 0 radical (unpaired) electrons. The van der Waals surface area contributed by atoms with E-state index < -0.39 is 0 Å². The van der Waals surface area contributed by atoms with Crippen LogP contribution in [0.2, 0.25) is 5.02 Å². The molecule has 1 aromatic rings. The molecule has 1 amide bonds. The number of carbonyl (C=O) groups is 1. The molecular weight excluding hydrogens is 250 g/mol. The van der Waals surface area contributed by atoms with Crippen molar-refractivity contribution in [3.8, 4) is 0 Å². The van der Waals surface area contributed by atoms with E-state index in [2.05, 4.69) is 24.1 Å². The second-order valence-corrected chi connectivity index (χ2v) is 5.04. The van der Waals surface area contributed by atoms with Crippen LogP contribution in [0.3, 0.4) is 0 Å². The van der Waals surface area contributed by atoms with E-state index in [1.165, 1.54) is 0 Å². The van der Waals surface area contributed by atoms with Crippen LogP contribution in [0.1, 0.15) is 20.3 Å². The summed E-state index contributed by atoms with van der Waals surface area (Å²) in [6, 6.07) is 5.45. The molecule has 0 aliphatic rings. The van der Waals surface area contributed by atoms with Crippen molar-refractivity contribution in [1.82, 2.24) is 4.90 Å². The number of hydrogen-bond donors (Lipinski definition) is 2. The molecule has 0 unspecified atom stereocenters. The van der Waals surface area contributed by atoms with Crippen LogP contribution in [0.4, 0.5) is 11.4 Å². The number of anilines is 2. The van der Waals surface area contributed by atoms with E-state index in [-0.39, 0.29) is 5.91 Å². The molecule has 0 saturated heterocycles. The van der Waals surface area contributed by atoms with E-state index in [0.717, 1.165) is 0 Å². The highest BCUT2D eigenvalue weighted by Crippen LogP contribution is 2.22. The first-order valence-corrected chi connectivity index (χ1v) is 6.33. The minimum absolute atomic E-state index is 0.0588. The lowest BCUT2D eigenvalue weighted by molar-refractivity contribution is -0.116. The van der Waals surface area contributed by atoms with Crippen molar-refractivity contribution in [2.75, 3.05) is 24.6 Å². The molecule has 0 saturated carbocycles. The fraction of sp³-hybridized carbons (Fsp3) is 0.462. The number of nitrogens with one attached hydrogen (secondary N) is 1. The topological polar surface area (TPSA) is 58.4 Å². The quantitative estimate of drug-likeness (QED) is 0.808. The number of rotatable bonds is 5. The Kier molecular flexibility index (Phi) is 5.44. The minimum atomic E-state index is -0.0588. The number of nitrogens with two attached hydrogens (primary N) is 1. The van der Waals surface area contributed by atoms with E-state index in [1.807, 2.05) is 7.05 Å². The smallest absolute Gasteiger partial charge is 0.225 e. The van der Waals surface area contributed by atoms with Crippen LogP contribution in [0, 0.1) is 0 Å². The first kappa shape index (κ1) is 14.8. The normalized spacial score (nSPS) is 11.0. The van der Waals surface area contributed by atoms with E-state index in [0.29, 0.717) is 35.4 Å². The SMILES string of the molecule is CC(C)N(C)CCC(=O)Nc1cc(Cl)ccc1N. The van der Waals surface area contributed by atoms with Crippen molar-refractivity contribution in [2.24, 2.45) is 0 Å². The zero-order chi connectivity index (χ0) is 13.7. The van der Waals surface area contributed by atoms with Gasteiger partial charge in [-0.25, -0.2) is 0 Å². The van der Waals surface area contributed by atoms with Gasteiger partial charge in [-0.2, -0.15) is 0 Å². The number of hydrogen-bond acceptors (Lipinski definition) is 3. The molecule has 0 atom stereocenters. The first-order valence-electron chi connectivity index (χ1n) is 5.95. The van der Waals surface area contributed by atoms with Crippen molar-refractivity contribution < 1.29 is 4.79 Å². The van der Waals surface area contributed by atoms with Gasteiger partial charge in [0.1, 0.15) is 0 Å². The molecule has 4 nitrogen and oxygen atoms in total. The van der Waals surface area contributed by atoms with Crippen LogP contribution in [-0.4, -0.2) is 30.4 Å². The monoisotopic (exact) mass is 269 g/mol. The molecule has 0 fully saturated rings. The number of benzene rings is 1. The molecule has 0 aliphatic heterocycles. The van der Waals surface area contributed by atoms with Gasteiger partial charge < -0.3 is 16.0 Å². The Morgan fingerprint density at radius 2 is 2.17 bits per heavy atom. The molecule has 18 heavy (non-hydrogen) atoms. The van der Waals surface area contributed by atoms with E-state index >= 15 is 0 Å². The number of carbonyl (C=O) groups excluding carboxylic acids is 1. The summed E-state index contributed by atoms with van der Waals surface area (Å²) in [4.78, 5) is 13.9. The summed E-state index contributed by atoms with van der Waals surface area (Å²) in [5.41, 5.74) is 6.85. The maximum atomic E-state index is 11.8. The van der Waals surface area contributed by atoms with Crippen molar-refractivity contribution in [1.29, 1.82) is 0 Å². The number of nitrogen functional groups attached to an aromatic ring is 1. The number of nitrogens with zero attached hydrogens (tertiary/aromatic N) is 1. The fourth-order valence-electron chi connectivity index (χ4n) is 1.39. The summed E-state index contributed by atoms with van der Waals surface area (Å²) < 4.78 is 0. The maximum Gasteiger partial charge on any atom is 0.225 e. The summed E-state index contributed by atoms with van der Waals surface area (Å²) in [5.74, 6) is -0.0588. The summed E-state index contributed by atoms with van der Waals surface area (Å²) >= 11 is 5.85. The lowest BCUT2D eigenvalue weighted by Gasteiger charge is -2.20. The highest BCUT2D eigenvalue weighted by Gasteiger charge is 2.09. The predicted molar refractivity (Wildman–Crippen MR) is 76.9 cm³/mol. The van der Waals surface area contributed by atoms with E-state index in [9.17, 15) is 4.79 Å². The van der Waals surface area contributed by atoms with Gasteiger partial charge in [0.05, 0.1) is 11.4 Å². The average molecular weight is 270 g/mol. The summed E-state index contributed by atoms with van der Waals surface area (Å²) in [6.07, 6.45) is 0.431. The summed E-state index contributed by atoms with van der Waals surface area (Å²) in [7, 11) is 1.99. The third-order valence-electron chi connectivity index (χ3n) is 2.86. The fourth-order valence-corrected chi connectivity index (χ4v) is 1.56. The Balaban J connectivity index is 2.52. The molecule has 0 heterocycles. The van der Waals surface area contributed by atoms with Gasteiger partial charge in [-0.1, -0.05) is 11.6 Å². The Labute approximate surface area is 113 Å². The molecule has 3 N–H and O–H groups in total. The Morgan fingerprint density at radius 3 is 2.78 bits per heavy atom. The summed E-state index contributed by atoms with van der Waals surface area (Å²) in [5, 5.41) is 3.32. The van der Waals surface area contributed by atoms with Crippen LogP contribution in [0.15, 0.2) is 18.2 Å². The van der Waals surface area contributed by atoms with Gasteiger partial charge in [0.15, 0.2) is 0 Å². The van der Waals surface area contributed by atoms with Gasteiger partial charge in [0, 0.05) is 24.0 Å². The lowest BCUT2D eigenvalue weighted by Crippen LogP contribution is -2.30. The molecule has 0 spiro atoms. The Hall–Kier alpha value is -1.26. The van der Waals surface area contributed by atoms with Crippen molar-refractivity contribution in [3.63, 3.8) is 0 Å². The van der Waals surface area contributed by atoms with Crippen LogP contribution >= 0.6 is 11.6 Å². The molecule has 1 rings (SSSR count). The number of halogens is 1. The van der Waals surface area contributed by atoms with Gasteiger partial charge in [0.25, 0.3) is 0 Å². The third-order valence-corrected chi connectivity index (χ3v) is 3.10. The summed E-state index contributed by atoms with van der Waals surface area (Å²) in [6.45, 7) is 4.89. The molecule has 0 bridgehead atoms. The van der Waals surface area contributed by atoms with Gasteiger partial charge in [-0.3, -0.25) is 4.79 Å². The largest absolute Gasteiger partial charge is 0.397 e. The third kappa shape index (κ3) is 4.55.